The second-order valence-corrected chi connectivity index (χ2v) is 6.05. The highest BCUT2D eigenvalue weighted by molar-refractivity contribution is 5.35. The predicted octanol–water partition coefficient (Wildman–Crippen LogP) is 4.70. The molecule has 112 valence electrons. The average molecular weight is 275 g/mol. The fraction of sp³-hybridized carbons (Fsp3) is 0.667. The third-order valence-corrected chi connectivity index (χ3v) is 4.56. The van der Waals surface area contributed by atoms with Crippen molar-refractivity contribution in [2.24, 2.45) is 5.92 Å². The van der Waals surface area contributed by atoms with Crippen LogP contribution >= 0.6 is 0 Å². The van der Waals surface area contributed by atoms with Crippen LogP contribution < -0.4 is 10.1 Å². The molecule has 0 heterocycles. The summed E-state index contributed by atoms with van der Waals surface area (Å²) < 4.78 is 5.75. The molecule has 1 saturated carbocycles. The number of hydrogen-bond acceptors (Lipinski definition) is 2. The van der Waals surface area contributed by atoms with Gasteiger partial charge in [0.25, 0.3) is 0 Å². The fourth-order valence-electron chi connectivity index (χ4n) is 3.38. The van der Waals surface area contributed by atoms with E-state index in [0.29, 0.717) is 12.1 Å². The molecule has 2 atom stereocenters. The summed E-state index contributed by atoms with van der Waals surface area (Å²) in [5, 5.41) is 3.78. The van der Waals surface area contributed by atoms with Crippen LogP contribution in [0.4, 0.5) is 0 Å². The van der Waals surface area contributed by atoms with E-state index >= 15 is 0 Å². The Labute approximate surface area is 123 Å². The zero-order chi connectivity index (χ0) is 14.4. The second-order valence-electron chi connectivity index (χ2n) is 6.05. The largest absolute Gasteiger partial charge is 0.494 e. The SMILES string of the molecule is CCOc1ccccc1C(C)N[C@@H](C)C1CCCCC1. The van der Waals surface area contributed by atoms with Crippen LogP contribution in [-0.4, -0.2) is 12.6 Å². The van der Waals surface area contributed by atoms with E-state index in [1.165, 1.54) is 37.7 Å². The first-order valence-electron chi connectivity index (χ1n) is 8.20. The van der Waals surface area contributed by atoms with E-state index in [1.807, 2.05) is 13.0 Å². The monoisotopic (exact) mass is 275 g/mol. The summed E-state index contributed by atoms with van der Waals surface area (Å²) in [5.41, 5.74) is 1.28. The van der Waals surface area contributed by atoms with E-state index in [4.69, 9.17) is 4.74 Å². The molecule has 0 bridgehead atoms. The van der Waals surface area contributed by atoms with Crippen molar-refractivity contribution >= 4 is 0 Å². The molecule has 2 nitrogen and oxygen atoms in total. The maximum atomic E-state index is 5.75. The predicted molar refractivity (Wildman–Crippen MR) is 85.2 cm³/mol. The van der Waals surface area contributed by atoms with Gasteiger partial charge in [-0.2, -0.15) is 0 Å². The number of benzene rings is 1. The zero-order valence-corrected chi connectivity index (χ0v) is 13.2. The standard InChI is InChI=1S/C18H29NO/c1-4-20-18-13-9-8-12-17(18)15(3)19-14(2)16-10-6-5-7-11-16/h8-9,12-16,19H,4-7,10-11H2,1-3H3/t14-,15?/m0/s1. The van der Waals surface area contributed by atoms with Gasteiger partial charge >= 0.3 is 0 Å². The third kappa shape index (κ3) is 3.99. The highest BCUT2D eigenvalue weighted by Crippen LogP contribution is 2.29. The third-order valence-electron chi connectivity index (χ3n) is 4.56. The van der Waals surface area contributed by atoms with Gasteiger partial charge < -0.3 is 10.1 Å². The van der Waals surface area contributed by atoms with E-state index in [0.717, 1.165) is 18.3 Å². The summed E-state index contributed by atoms with van der Waals surface area (Å²) in [6.45, 7) is 7.36. The van der Waals surface area contributed by atoms with Gasteiger partial charge in [-0.25, -0.2) is 0 Å². The van der Waals surface area contributed by atoms with Gasteiger partial charge in [0.15, 0.2) is 0 Å². The van der Waals surface area contributed by atoms with E-state index in [9.17, 15) is 0 Å². The van der Waals surface area contributed by atoms with Gasteiger partial charge in [0.2, 0.25) is 0 Å². The Morgan fingerprint density at radius 3 is 2.55 bits per heavy atom. The Morgan fingerprint density at radius 1 is 1.15 bits per heavy atom. The van der Waals surface area contributed by atoms with E-state index < -0.39 is 0 Å². The molecule has 0 saturated heterocycles. The lowest BCUT2D eigenvalue weighted by atomic mass is 9.84. The first-order chi connectivity index (χ1) is 9.72. The van der Waals surface area contributed by atoms with Crippen LogP contribution in [0.5, 0.6) is 5.75 Å². The molecular formula is C18H29NO. The van der Waals surface area contributed by atoms with Crippen LogP contribution in [0, 0.1) is 5.92 Å². The first-order valence-corrected chi connectivity index (χ1v) is 8.20. The maximum Gasteiger partial charge on any atom is 0.124 e. The number of para-hydroxylation sites is 1. The molecular weight excluding hydrogens is 246 g/mol. The maximum absolute atomic E-state index is 5.75. The molecule has 1 aromatic carbocycles. The summed E-state index contributed by atoms with van der Waals surface area (Å²) in [7, 11) is 0. The second kappa shape index (κ2) is 7.68. The van der Waals surface area contributed by atoms with E-state index in [1.54, 1.807) is 0 Å². The van der Waals surface area contributed by atoms with Crippen molar-refractivity contribution in [3.63, 3.8) is 0 Å². The molecule has 1 unspecified atom stereocenters. The van der Waals surface area contributed by atoms with Crippen molar-refractivity contribution in [2.75, 3.05) is 6.61 Å². The smallest absolute Gasteiger partial charge is 0.124 e. The Balaban J connectivity index is 1.98. The molecule has 1 fully saturated rings. The molecule has 1 aliphatic carbocycles. The fourth-order valence-corrected chi connectivity index (χ4v) is 3.38. The normalized spacial score (nSPS) is 19.6. The number of nitrogens with one attached hydrogen (secondary N) is 1. The van der Waals surface area contributed by atoms with Crippen LogP contribution in [0.15, 0.2) is 24.3 Å². The summed E-state index contributed by atoms with van der Waals surface area (Å²) in [6, 6.07) is 9.32. The molecule has 0 spiro atoms. The van der Waals surface area contributed by atoms with E-state index in [2.05, 4.69) is 37.4 Å². The molecule has 0 aromatic heterocycles. The molecule has 0 radical (unpaired) electrons. The minimum atomic E-state index is 0.342. The van der Waals surface area contributed by atoms with Gasteiger partial charge in [0.1, 0.15) is 5.75 Å². The average Bonchev–Trinajstić information content (AvgIpc) is 2.49. The van der Waals surface area contributed by atoms with Crippen molar-refractivity contribution in [2.45, 2.75) is 65.0 Å². The lowest BCUT2D eigenvalue weighted by Gasteiger charge is -2.31. The molecule has 0 amide bonds. The summed E-state index contributed by atoms with van der Waals surface area (Å²) in [4.78, 5) is 0. The van der Waals surface area contributed by atoms with Crippen LogP contribution in [0.2, 0.25) is 0 Å². The Bertz CT molecular complexity index is 398. The van der Waals surface area contributed by atoms with Crippen molar-refractivity contribution in [1.29, 1.82) is 0 Å². The van der Waals surface area contributed by atoms with Crippen LogP contribution in [0.25, 0.3) is 0 Å². The Hall–Kier alpha value is -1.02. The quantitative estimate of drug-likeness (QED) is 0.812. The molecule has 2 heteroatoms. The van der Waals surface area contributed by atoms with Crippen molar-refractivity contribution in [3.05, 3.63) is 29.8 Å². The minimum Gasteiger partial charge on any atom is -0.494 e. The number of ether oxygens (including phenoxy) is 1. The van der Waals surface area contributed by atoms with Crippen LogP contribution in [0.3, 0.4) is 0 Å². The molecule has 2 rings (SSSR count). The summed E-state index contributed by atoms with van der Waals surface area (Å²) >= 11 is 0. The van der Waals surface area contributed by atoms with Crippen LogP contribution in [-0.2, 0) is 0 Å². The summed E-state index contributed by atoms with van der Waals surface area (Å²) in [6.07, 6.45) is 7.00. The van der Waals surface area contributed by atoms with Crippen molar-refractivity contribution < 1.29 is 4.74 Å². The highest BCUT2D eigenvalue weighted by atomic mass is 16.5. The van der Waals surface area contributed by atoms with Crippen LogP contribution in [0.1, 0.15) is 64.5 Å². The molecule has 1 N–H and O–H groups in total. The van der Waals surface area contributed by atoms with E-state index in [-0.39, 0.29) is 0 Å². The number of rotatable bonds is 6. The highest BCUT2D eigenvalue weighted by Gasteiger charge is 2.22. The minimum absolute atomic E-state index is 0.342. The Morgan fingerprint density at radius 2 is 1.85 bits per heavy atom. The van der Waals surface area contributed by atoms with Gasteiger partial charge in [0, 0.05) is 17.6 Å². The number of hydrogen-bond donors (Lipinski definition) is 1. The first kappa shape index (κ1) is 15.4. The van der Waals surface area contributed by atoms with Crippen molar-refractivity contribution in [1.82, 2.24) is 5.32 Å². The van der Waals surface area contributed by atoms with Gasteiger partial charge in [-0.1, -0.05) is 37.5 Å². The summed E-state index contributed by atoms with van der Waals surface area (Å²) in [5.74, 6) is 1.86. The van der Waals surface area contributed by atoms with Gasteiger partial charge in [-0.3, -0.25) is 0 Å². The molecule has 1 aliphatic rings. The Kier molecular flexibility index (Phi) is 5.90. The van der Waals surface area contributed by atoms with Crippen molar-refractivity contribution in [3.8, 4) is 5.75 Å². The molecule has 0 aliphatic heterocycles. The van der Waals surface area contributed by atoms with Gasteiger partial charge in [-0.15, -0.1) is 0 Å². The lowest BCUT2D eigenvalue weighted by molar-refractivity contribution is 0.265. The zero-order valence-electron chi connectivity index (χ0n) is 13.2. The van der Waals surface area contributed by atoms with Gasteiger partial charge in [0.05, 0.1) is 6.61 Å². The molecule has 20 heavy (non-hydrogen) atoms. The topological polar surface area (TPSA) is 21.3 Å². The lowest BCUT2D eigenvalue weighted by Crippen LogP contribution is -2.36. The molecule has 1 aromatic rings. The van der Waals surface area contributed by atoms with Gasteiger partial charge in [-0.05, 0) is 45.6 Å².